The Morgan fingerprint density at radius 3 is 2.65 bits per heavy atom. The van der Waals surface area contributed by atoms with Crippen molar-refractivity contribution in [3.63, 3.8) is 0 Å². The Morgan fingerprint density at radius 2 is 1.85 bits per heavy atom. The van der Waals surface area contributed by atoms with Gasteiger partial charge in [0.15, 0.2) is 0 Å². The first-order valence-corrected chi connectivity index (χ1v) is 7.63. The number of anilines is 2. The number of nitrogen functional groups attached to an aromatic ring is 1. The van der Waals surface area contributed by atoms with E-state index in [4.69, 9.17) is 15.9 Å². The highest BCUT2D eigenvalue weighted by Gasteiger charge is 2.26. The van der Waals surface area contributed by atoms with Crippen molar-refractivity contribution in [3.8, 4) is 0 Å². The molecule has 1 saturated carbocycles. The first kappa shape index (κ1) is 13.5. The summed E-state index contributed by atoms with van der Waals surface area (Å²) in [4.78, 5) is 11.9. The molecule has 1 fully saturated rings. The van der Waals surface area contributed by atoms with Crippen LogP contribution in [0.1, 0.15) is 49.8 Å². The van der Waals surface area contributed by atoms with Crippen molar-refractivity contribution >= 4 is 11.4 Å². The van der Waals surface area contributed by atoms with E-state index in [1.807, 2.05) is 0 Å². The molecular weight excluding hydrogens is 254 g/mol. The van der Waals surface area contributed by atoms with Crippen LogP contribution in [0, 0.1) is 0 Å². The first-order valence-electron chi connectivity index (χ1n) is 7.63. The average molecular weight is 277 g/mol. The Bertz CT molecular complexity index is 553. The molecular formula is C15H23N3O2. The Hall–Kier alpha value is -1.49. The average Bonchev–Trinajstić information content (AvgIpc) is 2.46. The van der Waals surface area contributed by atoms with E-state index in [1.54, 1.807) is 0 Å². The summed E-state index contributed by atoms with van der Waals surface area (Å²) in [6.45, 7) is 0. The minimum atomic E-state index is -0.419. The summed E-state index contributed by atoms with van der Waals surface area (Å²) in [5.41, 5.74) is 13.8. The molecule has 2 aliphatic rings. The van der Waals surface area contributed by atoms with E-state index >= 15 is 0 Å². The van der Waals surface area contributed by atoms with Gasteiger partial charge in [-0.05, 0) is 32.1 Å². The number of fused-ring (bicyclic) bond motifs is 1. The number of hydrogen-bond acceptors (Lipinski definition) is 5. The summed E-state index contributed by atoms with van der Waals surface area (Å²) in [6, 6.07) is 0.341. The third kappa shape index (κ3) is 2.42. The van der Waals surface area contributed by atoms with E-state index in [9.17, 15) is 4.79 Å². The molecule has 0 aliphatic heterocycles. The van der Waals surface area contributed by atoms with Crippen LogP contribution in [0.25, 0.3) is 0 Å². The largest absolute Gasteiger partial charge is 0.426 e. The Morgan fingerprint density at radius 1 is 1.10 bits per heavy atom. The topological polar surface area (TPSA) is 94.3 Å². The van der Waals surface area contributed by atoms with Crippen molar-refractivity contribution in [1.29, 1.82) is 0 Å². The minimum Gasteiger partial charge on any atom is -0.426 e. The summed E-state index contributed by atoms with van der Waals surface area (Å²) < 4.78 is 5.34. The normalized spacial score (nSPS) is 26.1. The second-order valence-corrected chi connectivity index (χ2v) is 5.99. The standard InChI is InChI=1S/C15H23N3O2/c16-10-6-2-3-7-11(10)18-14-9-5-1-4-8-12(9)20-15(19)13(14)17/h10-11,18H,1-8,16-17H2. The Kier molecular flexibility index (Phi) is 3.70. The smallest absolute Gasteiger partial charge is 0.361 e. The van der Waals surface area contributed by atoms with Crippen LogP contribution in [0.3, 0.4) is 0 Å². The second kappa shape index (κ2) is 5.48. The van der Waals surface area contributed by atoms with E-state index in [0.717, 1.165) is 55.5 Å². The number of nitrogens with two attached hydrogens (primary N) is 2. The van der Waals surface area contributed by atoms with Gasteiger partial charge in [0.25, 0.3) is 0 Å². The van der Waals surface area contributed by atoms with Crippen molar-refractivity contribution in [2.75, 3.05) is 11.1 Å². The molecule has 110 valence electrons. The summed E-state index contributed by atoms with van der Waals surface area (Å²) in [5.74, 6) is 0.808. The zero-order valence-corrected chi connectivity index (χ0v) is 11.8. The van der Waals surface area contributed by atoms with Crippen molar-refractivity contribution in [1.82, 2.24) is 0 Å². The van der Waals surface area contributed by atoms with Crippen LogP contribution in [0.2, 0.25) is 0 Å². The van der Waals surface area contributed by atoms with Gasteiger partial charge in [0.1, 0.15) is 11.4 Å². The van der Waals surface area contributed by atoms with Gasteiger partial charge in [-0.3, -0.25) is 0 Å². The quantitative estimate of drug-likeness (QED) is 0.766. The number of nitrogens with one attached hydrogen (secondary N) is 1. The van der Waals surface area contributed by atoms with E-state index in [2.05, 4.69) is 5.32 Å². The van der Waals surface area contributed by atoms with Crippen LogP contribution in [-0.2, 0) is 12.8 Å². The molecule has 0 bridgehead atoms. The van der Waals surface area contributed by atoms with Crippen LogP contribution in [-0.4, -0.2) is 12.1 Å². The predicted octanol–water partition coefficient (Wildman–Crippen LogP) is 1.78. The van der Waals surface area contributed by atoms with Crippen LogP contribution >= 0.6 is 0 Å². The molecule has 1 heterocycles. The molecule has 5 nitrogen and oxygen atoms in total. The maximum atomic E-state index is 11.9. The lowest BCUT2D eigenvalue weighted by Gasteiger charge is -2.32. The van der Waals surface area contributed by atoms with Gasteiger partial charge in [-0.2, -0.15) is 0 Å². The first-order chi connectivity index (χ1) is 9.66. The highest BCUT2D eigenvalue weighted by atomic mass is 16.4. The van der Waals surface area contributed by atoms with Crippen LogP contribution in [0.15, 0.2) is 9.21 Å². The Labute approximate surface area is 118 Å². The molecule has 1 aromatic rings. The van der Waals surface area contributed by atoms with Gasteiger partial charge in [-0.15, -0.1) is 0 Å². The molecule has 0 amide bonds. The van der Waals surface area contributed by atoms with Gasteiger partial charge < -0.3 is 21.2 Å². The second-order valence-electron chi connectivity index (χ2n) is 5.99. The lowest BCUT2D eigenvalue weighted by atomic mass is 9.89. The van der Waals surface area contributed by atoms with Gasteiger partial charge in [-0.1, -0.05) is 12.8 Å². The fraction of sp³-hybridized carbons (Fsp3) is 0.667. The highest BCUT2D eigenvalue weighted by molar-refractivity contribution is 5.70. The van der Waals surface area contributed by atoms with Crippen molar-refractivity contribution in [2.45, 2.75) is 63.5 Å². The fourth-order valence-electron chi connectivity index (χ4n) is 3.38. The van der Waals surface area contributed by atoms with Crippen molar-refractivity contribution in [3.05, 3.63) is 21.7 Å². The summed E-state index contributed by atoms with van der Waals surface area (Å²) in [5, 5.41) is 3.46. The SMILES string of the molecule is Nc1c(NC2CCCCC2N)c2c(oc1=O)CCCC2. The van der Waals surface area contributed by atoms with Crippen molar-refractivity contribution in [2.24, 2.45) is 5.73 Å². The highest BCUT2D eigenvalue weighted by Crippen LogP contribution is 2.32. The zero-order valence-electron chi connectivity index (χ0n) is 11.8. The Balaban J connectivity index is 1.95. The van der Waals surface area contributed by atoms with E-state index in [-0.39, 0.29) is 17.8 Å². The number of rotatable bonds is 2. The molecule has 0 spiro atoms. The monoisotopic (exact) mass is 277 g/mol. The third-order valence-electron chi connectivity index (χ3n) is 4.57. The van der Waals surface area contributed by atoms with Crippen LogP contribution < -0.4 is 22.4 Å². The van der Waals surface area contributed by atoms with E-state index < -0.39 is 5.63 Å². The van der Waals surface area contributed by atoms with Gasteiger partial charge in [0.2, 0.25) is 0 Å². The van der Waals surface area contributed by atoms with Crippen LogP contribution in [0.5, 0.6) is 0 Å². The molecule has 3 rings (SSSR count). The summed E-state index contributed by atoms with van der Waals surface area (Å²) >= 11 is 0. The molecule has 1 aromatic heterocycles. The zero-order chi connectivity index (χ0) is 14.1. The molecule has 0 radical (unpaired) electrons. The molecule has 0 saturated heterocycles. The lowest BCUT2D eigenvalue weighted by Crippen LogP contribution is -2.43. The van der Waals surface area contributed by atoms with Crippen LogP contribution in [0.4, 0.5) is 11.4 Å². The maximum Gasteiger partial charge on any atom is 0.361 e. The molecule has 2 atom stereocenters. The van der Waals surface area contributed by atoms with Gasteiger partial charge in [0.05, 0.1) is 5.69 Å². The van der Waals surface area contributed by atoms with E-state index in [1.165, 1.54) is 12.8 Å². The lowest BCUT2D eigenvalue weighted by molar-refractivity contribution is 0.401. The fourth-order valence-corrected chi connectivity index (χ4v) is 3.38. The van der Waals surface area contributed by atoms with Crippen molar-refractivity contribution < 1.29 is 4.42 Å². The number of hydrogen-bond donors (Lipinski definition) is 3. The molecule has 2 aliphatic carbocycles. The summed E-state index contributed by atoms with van der Waals surface area (Å²) in [6.07, 6.45) is 8.37. The van der Waals surface area contributed by atoms with Gasteiger partial charge in [0, 0.05) is 24.1 Å². The molecule has 5 heteroatoms. The third-order valence-corrected chi connectivity index (χ3v) is 4.57. The minimum absolute atomic E-state index is 0.134. The predicted molar refractivity (Wildman–Crippen MR) is 79.9 cm³/mol. The molecule has 0 aromatic carbocycles. The molecule has 20 heavy (non-hydrogen) atoms. The van der Waals surface area contributed by atoms with Gasteiger partial charge in [-0.25, -0.2) is 4.79 Å². The molecule has 5 N–H and O–H groups in total. The summed E-state index contributed by atoms with van der Waals surface area (Å²) in [7, 11) is 0. The molecule has 2 unspecified atom stereocenters. The maximum absolute atomic E-state index is 11.9. The van der Waals surface area contributed by atoms with Gasteiger partial charge >= 0.3 is 5.63 Å². The van der Waals surface area contributed by atoms with E-state index in [0.29, 0.717) is 0 Å². The number of aryl methyl sites for hydroxylation is 1.